The monoisotopic (exact) mass is 127 g/mol. The maximum Gasteiger partial charge on any atom is 0.0707 e. The quantitative estimate of drug-likeness (QED) is 0.501. The van der Waals surface area contributed by atoms with Crippen LogP contribution in [0.3, 0.4) is 0 Å². The topological polar surface area (TPSA) is 23.5 Å². The second-order valence-electron chi connectivity index (χ2n) is 2.91. The van der Waals surface area contributed by atoms with Gasteiger partial charge in [-0.2, -0.15) is 0 Å². The zero-order valence-corrected chi connectivity index (χ0v) is 5.80. The van der Waals surface area contributed by atoms with Gasteiger partial charge in [0.25, 0.3) is 0 Å². The molecule has 0 spiro atoms. The van der Waals surface area contributed by atoms with Crippen molar-refractivity contribution in [3.8, 4) is 0 Å². The van der Waals surface area contributed by atoms with E-state index in [0.717, 1.165) is 13.1 Å². The molecule has 0 aromatic heterocycles. The summed E-state index contributed by atoms with van der Waals surface area (Å²) in [5, 5.41) is 9.24. The molecule has 52 valence electrons. The van der Waals surface area contributed by atoms with Gasteiger partial charge in [-0.1, -0.05) is 0 Å². The first kappa shape index (κ1) is 7.03. The fourth-order valence-electron chi connectivity index (χ4n) is 1.01. The van der Waals surface area contributed by atoms with Crippen molar-refractivity contribution in [2.45, 2.75) is 18.4 Å². The Morgan fingerprint density at radius 1 is 1.44 bits per heavy atom. The smallest absolute Gasteiger partial charge is 0.0707 e. The second kappa shape index (κ2) is 2.27. The van der Waals surface area contributed by atoms with Crippen LogP contribution in [0, 0.1) is 6.92 Å². The van der Waals surface area contributed by atoms with Crippen molar-refractivity contribution >= 4 is 0 Å². The van der Waals surface area contributed by atoms with Crippen molar-refractivity contribution in [3.63, 3.8) is 0 Å². The van der Waals surface area contributed by atoms with Crippen molar-refractivity contribution < 1.29 is 5.11 Å². The Morgan fingerprint density at radius 3 is 2.22 bits per heavy atom. The van der Waals surface area contributed by atoms with Gasteiger partial charge in [0.15, 0.2) is 0 Å². The van der Waals surface area contributed by atoms with Crippen molar-refractivity contribution in [1.29, 1.82) is 0 Å². The number of likely N-dealkylation sites (tertiary alicyclic amines) is 1. The van der Waals surface area contributed by atoms with Crippen LogP contribution in [0.2, 0.25) is 0 Å². The van der Waals surface area contributed by atoms with Gasteiger partial charge in [-0.3, -0.25) is 0 Å². The zero-order valence-electron chi connectivity index (χ0n) is 5.80. The number of hydrogen-bond donors (Lipinski definition) is 1. The number of piperidine rings is 1. The molecule has 1 saturated heterocycles. The van der Waals surface area contributed by atoms with Crippen LogP contribution in [0.15, 0.2) is 0 Å². The zero-order chi connectivity index (χ0) is 6.91. The van der Waals surface area contributed by atoms with Gasteiger partial charge in [0, 0.05) is 13.1 Å². The first-order valence-electron chi connectivity index (χ1n) is 3.30. The van der Waals surface area contributed by atoms with E-state index in [4.69, 9.17) is 6.92 Å². The second-order valence-corrected chi connectivity index (χ2v) is 2.91. The third-order valence-corrected chi connectivity index (χ3v) is 1.85. The van der Waals surface area contributed by atoms with Gasteiger partial charge in [-0.15, -0.1) is 0 Å². The minimum absolute atomic E-state index is 0.698. The van der Waals surface area contributed by atoms with Crippen molar-refractivity contribution in [2.24, 2.45) is 0 Å². The highest BCUT2D eigenvalue weighted by Crippen LogP contribution is 2.18. The molecule has 1 aliphatic rings. The molecule has 0 bridgehead atoms. The van der Waals surface area contributed by atoms with Gasteiger partial charge in [-0.25, -0.2) is 0 Å². The van der Waals surface area contributed by atoms with Gasteiger partial charge >= 0.3 is 0 Å². The molecule has 1 fully saturated rings. The van der Waals surface area contributed by atoms with E-state index in [0.29, 0.717) is 12.8 Å². The molecule has 0 unspecified atom stereocenters. The highest BCUT2D eigenvalue weighted by atomic mass is 16.3. The molecule has 0 aromatic rings. The van der Waals surface area contributed by atoms with Crippen LogP contribution >= 0.6 is 0 Å². The highest BCUT2D eigenvalue weighted by Gasteiger charge is 2.25. The van der Waals surface area contributed by atoms with Gasteiger partial charge in [0.1, 0.15) is 0 Å². The maximum absolute atomic E-state index is 9.24. The van der Waals surface area contributed by atoms with Crippen molar-refractivity contribution in [1.82, 2.24) is 4.90 Å². The van der Waals surface area contributed by atoms with Crippen LogP contribution in [0.1, 0.15) is 12.8 Å². The summed E-state index contributed by atoms with van der Waals surface area (Å²) < 4.78 is 0. The van der Waals surface area contributed by atoms with Crippen LogP contribution in [0.5, 0.6) is 0 Å². The van der Waals surface area contributed by atoms with Crippen LogP contribution in [0.25, 0.3) is 0 Å². The minimum atomic E-state index is -0.882. The number of hydrogen-bond acceptors (Lipinski definition) is 2. The summed E-state index contributed by atoms with van der Waals surface area (Å²) in [6, 6.07) is 0. The lowest BCUT2D eigenvalue weighted by atomic mass is 9.94. The van der Waals surface area contributed by atoms with Gasteiger partial charge < -0.3 is 10.0 Å². The molecule has 9 heavy (non-hydrogen) atoms. The lowest BCUT2D eigenvalue weighted by molar-refractivity contribution is 0.0240. The maximum atomic E-state index is 9.24. The fraction of sp³-hybridized carbons (Fsp3) is 0.857. The Balaban J connectivity index is 2.35. The molecular formula is C7H13NO. The largest absolute Gasteiger partial charge is 0.389 e. The van der Waals surface area contributed by atoms with E-state index < -0.39 is 5.60 Å². The molecule has 0 aromatic carbocycles. The Labute approximate surface area is 56.5 Å². The average molecular weight is 127 g/mol. The molecule has 0 aliphatic carbocycles. The van der Waals surface area contributed by atoms with Gasteiger partial charge in [0.05, 0.1) is 5.60 Å². The summed E-state index contributed by atoms with van der Waals surface area (Å²) in [4.78, 5) is 2.17. The van der Waals surface area contributed by atoms with E-state index in [1.807, 2.05) is 7.05 Å². The Kier molecular flexibility index (Phi) is 1.78. The summed E-state index contributed by atoms with van der Waals surface area (Å²) in [6.45, 7) is 7.29. The predicted molar refractivity (Wildman–Crippen MR) is 36.0 cm³/mol. The van der Waals surface area contributed by atoms with Crippen molar-refractivity contribution in [3.05, 3.63) is 6.92 Å². The Morgan fingerprint density at radius 2 is 1.89 bits per heavy atom. The van der Waals surface area contributed by atoms with Crippen LogP contribution in [0.4, 0.5) is 0 Å². The van der Waals surface area contributed by atoms with E-state index in [9.17, 15) is 5.11 Å². The summed E-state index contributed by atoms with van der Waals surface area (Å²) in [7, 11) is 2.04. The first-order chi connectivity index (χ1) is 4.10. The number of aliphatic hydroxyl groups is 1. The fourth-order valence-corrected chi connectivity index (χ4v) is 1.01. The summed E-state index contributed by atoms with van der Waals surface area (Å²) in [6.07, 6.45) is 1.40. The van der Waals surface area contributed by atoms with E-state index in [1.54, 1.807) is 0 Å². The van der Waals surface area contributed by atoms with E-state index in [1.165, 1.54) is 0 Å². The van der Waals surface area contributed by atoms with Gasteiger partial charge in [0.2, 0.25) is 0 Å². The molecule has 0 saturated carbocycles. The molecule has 0 amide bonds. The van der Waals surface area contributed by atoms with Crippen LogP contribution < -0.4 is 0 Å². The standard InChI is InChI=1S/C7H13NO/c1-7(9)3-5-8(2)6-4-7/h1,9H,3-6H2,2H3. The van der Waals surface area contributed by atoms with E-state index >= 15 is 0 Å². The first-order valence-corrected chi connectivity index (χ1v) is 3.30. The van der Waals surface area contributed by atoms with Gasteiger partial charge in [-0.05, 0) is 26.8 Å². The molecule has 2 radical (unpaired) electrons. The van der Waals surface area contributed by atoms with Crippen LogP contribution in [-0.2, 0) is 0 Å². The van der Waals surface area contributed by atoms with Crippen molar-refractivity contribution in [2.75, 3.05) is 20.1 Å². The molecule has 1 N–H and O–H groups in total. The summed E-state index contributed by atoms with van der Waals surface area (Å²) in [5.74, 6) is 0. The Hall–Kier alpha value is -0.0800. The molecule has 2 nitrogen and oxygen atoms in total. The third-order valence-electron chi connectivity index (χ3n) is 1.85. The Bertz CT molecular complexity index is 91.1. The molecular weight excluding hydrogens is 114 g/mol. The average Bonchev–Trinajstić information content (AvgIpc) is 1.78. The molecule has 1 aliphatic heterocycles. The number of rotatable bonds is 0. The highest BCUT2D eigenvalue weighted by molar-refractivity contribution is 4.86. The lowest BCUT2D eigenvalue weighted by Gasteiger charge is -2.33. The molecule has 0 atom stereocenters. The number of nitrogens with zero attached hydrogens (tertiary/aromatic N) is 1. The molecule has 1 heterocycles. The normalized spacial score (nSPS) is 28.3. The molecule has 2 heteroatoms. The minimum Gasteiger partial charge on any atom is -0.389 e. The predicted octanol–water partition coefficient (Wildman–Crippen LogP) is 0.154. The lowest BCUT2D eigenvalue weighted by Crippen LogP contribution is -2.40. The van der Waals surface area contributed by atoms with E-state index in [-0.39, 0.29) is 0 Å². The summed E-state index contributed by atoms with van der Waals surface area (Å²) in [5.41, 5.74) is -0.882. The van der Waals surface area contributed by atoms with E-state index in [2.05, 4.69) is 4.90 Å². The summed E-state index contributed by atoms with van der Waals surface area (Å²) >= 11 is 0. The SMILES string of the molecule is [CH]C1(O)CCN(C)CC1. The van der Waals surface area contributed by atoms with Crippen LogP contribution in [-0.4, -0.2) is 35.7 Å². The third kappa shape index (κ3) is 1.95. The molecule has 1 rings (SSSR count).